The molecule has 4 nitrogen and oxygen atoms in total. The van der Waals surface area contributed by atoms with Crippen molar-refractivity contribution >= 4 is 40.4 Å². The molecule has 0 N–H and O–H groups in total. The third-order valence-electron chi connectivity index (χ3n) is 8.27. The molecule has 5 aromatic carbocycles. The summed E-state index contributed by atoms with van der Waals surface area (Å²) in [7, 11) is -0.465. The molecule has 2 aliphatic rings. The molecule has 39 heavy (non-hydrogen) atoms. The molecule has 1 saturated heterocycles. The molecule has 0 amide bonds. The van der Waals surface area contributed by atoms with E-state index in [1.165, 1.54) is 5.56 Å². The topological polar surface area (TPSA) is 30.9 Å². The maximum absolute atomic E-state index is 6.71. The minimum Gasteiger partial charge on any atom is -0.452 e. The van der Waals surface area contributed by atoms with Crippen LogP contribution in [0, 0.1) is 0 Å². The second kappa shape index (κ2) is 8.73. The van der Waals surface area contributed by atoms with E-state index in [-0.39, 0.29) is 0 Å². The highest BCUT2D eigenvalue weighted by Gasteiger charge is 2.52. The van der Waals surface area contributed by atoms with Gasteiger partial charge in [-0.1, -0.05) is 78.9 Å². The third-order valence-corrected chi connectivity index (χ3v) is 8.27. The van der Waals surface area contributed by atoms with Crippen LogP contribution in [-0.4, -0.2) is 18.3 Å². The van der Waals surface area contributed by atoms with E-state index in [9.17, 15) is 0 Å². The number of hydrogen-bond acceptors (Lipinski definition) is 4. The fourth-order valence-electron chi connectivity index (χ4n) is 5.41. The molecule has 0 bridgehead atoms. The van der Waals surface area contributed by atoms with E-state index < -0.39 is 18.3 Å². The molecule has 0 radical (unpaired) electrons. The molecule has 5 heteroatoms. The lowest BCUT2D eigenvalue weighted by atomic mass is 9.78. The fourth-order valence-corrected chi connectivity index (χ4v) is 5.41. The Kier molecular flexibility index (Phi) is 5.38. The van der Waals surface area contributed by atoms with Crippen molar-refractivity contribution in [1.82, 2.24) is 0 Å². The molecule has 2 heterocycles. The molecule has 0 aliphatic carbocycles. The van der Waals surface area contributed by atoms with Crippen LogP contribution in [0.4, 0.5) is 17.1 Å². The molecule has 192 valence electrons. The summed E-state index contributed by atoms with van der Waals surface area (Å²) in [6.07, 6.45) is 0. The Hall–Kier alpha value is -4.06. The number of rotatable bonds is 3. The molecule has 0 saturated carbocycles. The third kappa shape index (κ3) is 3.92. The molecule has 2 aliphatic heterocycles. The highest BCUT2D eigenvalue weighted by molar-refractivity contribution is 6.62. The zero-order valence-corrected chi connectivity index (χ0v) is 22.6. The maximum atomic E-state index is 6.71. The van der Waals surface area contributed by atoms with Crippen LogP contribution in [0.2, 0.25) is 0 Å². The summed E-state index contributed by atoms with van der Waals surface area (Å²) in [4.78, 5) is 2.29. The van der Waals surface area contributed by atoms with E-state index in [2.05, 4.69) is 136 Å². The predicted octanol–water partition coefficient (Wildman–Crippen LogP) is 8.38. The quantitative estimate of drug-likeness (QED) is 0.223. The fraction of sp³-hybridized carbons (Fsp3) is 0.176. The van der Waals surface area contributed by atoms with Crippen molar-refractivity contribution < 1.29 is 14.0 Å². The molecule has 7 rings (SSSR count). The van der Waals surface area contributed by atoms with Gasteiger partial charge in [0.05, 0.1) is 22.6 Å². The first-order chi connectivity index (χ1) is 18.8. The number of ether oxygens (including phenoxy) is 1. The van der Waals surface area contributed by atoms with Gasteiger partial charge in [-0.25, -0.2) is 0 Å². The Bertz CT molecular complexity index is 1700. The van der Waals surface area contributed by atoms with Crippen LogP contribution in [-0.2, 0) is 9.31 Å². The van der Waals surface area contributed by atoms with Gasteiger partial charge < -0.3 is 18.9 Å². The minimum absolute atomic E-state index is 0.416. The number of fused-ring (bicyclic) bond motifs is 4. The summed E-state index contributed by atoms with van der Waals surface area (Å²) in [6.45, 7) is 8.30. The summed E-state index contributed by atoms with van der Waals surface area (Å²) >= 11 is 0. The van der Waals surface area contributed by atoms with Gasteiger partial charge in [0.25, 0.3) is 0 Å². The largest absolute Gasteiger partial charge is 0.494 e. The lowest BCUT2D eigenvalue weighted by Crippen LogP contribution is -2.41. The zero-order chi connectivity index (χ0) is 26.8. The lowest BCUT2D eigenvalue weighted by Gasteiger charge is -2.34. The van der Waals surface area contributed by atoms with Crippen molar-refractivity contribution in [2.24, 2.45) is 0 Å². The van der Waals surface area contributed by atoms with E-state index in [0.29, 0.717) is 0 Å². The van der Waals surface area contributed by atoms with Crippen molar-refractivity contribution in [2.45, 2.75) is 38.9 Å². The van der Waals surface area contributed by atoms with E-state index in [1.54, 1.807) is 0 Å². The summed E-state index contributed by atoms with van der Waals surface area (Å²) in [5.41, 5.74) is 5.51. The minimum atomic E-state index is -0.465. The van der Waals surface area contributed by atoms with Crippen LogP contribution in [0.1, 0.15) is 27.7 Å². The Morgan fingerprint density at radius 1 is 0.615 bits per heavy atom. The Morgan fingerprint density at radius 2 is 1.31 bits per heavy atom. The summed E-state index contributed by atoms with van der Waals surface area (Å²) in [5.74, 6) is 1.62. The molecule has 0 atom stereocenters. The van der Waals surface area contributed by atoms with Gasteiger partial charge in [0.1, 0.15) is 0 Å². The van der Waals surface area contributed by atoms with Crippen LogP contribution in [0.15, 0.2) is 109 Å². The SMILES string of the molecule is CC1(C)OB(c2ccc3c(c2)Oc2c(ccc4ccccc24)N3c2cccc(-c3ccccc3)c2)OC1(C)C. The molecule has 5 aromatic rings. The molecule has 0 aromatic heterocycles. The van der Waals surface area contributed by atoms with E-state index >= 15 is 0 Å². The van der Waals surface area contributed by atoms with Crippen LogP contribution in [0.3, 0.4) is 0 Å². The first-order valence-corrected chi connectivity index (χ1v) is 13.5. The summed E-state index contributed by atoms with van der Waals surface area (Å²) in [6, 6.07) is 38.1. The van der Waals surface area contributed by atoms with Gasteiger partial charge in [-0.05, 0) is 80.0 Å². The number of anilines is 3. The number of benzene rings is 5. The van der Waals surface area contributed by atoms with Crippen molar-refractivity contribution in [3.63, 3.8) is 0 Å². The van der Waals surface area contributed by atoms with E-state index in [0.717, 1.165) is 50.4 Å². The van der Waals surface area contributed by atoms with Gasteiger partial charge >= 0.3 is 7.12 Å². The first kappa shape index (κ1) is 24.0. The average molecular weight is 511 g/mol. The molecule has 0 spiro atoms. The molecular weight excluding hydrogens is 481 g/mol. The van der Waals surface area contributed by atoms with Gasteiger partial charge in [0.2, 0.25) is 0 Å². The van der Waals surface area contributed by atoms with Crippen molar-refractivity contribution in [3.8, 4) is 22.6 Å². The Labute approximate surface area is 229 Å². The average Bonchev–Trinajstić information content (AvgIpc) is 3.18. The smallest absolute Gasteiger partial charge is 0.452 e. The monoisotopic (exact) mass is 511 g/mol. The van der Waals surface area contributed by atoms with Crippen LogP contribution < -0.4 is 15.1 Å². The second-order valence-corrected chi connectivity index (χ2v) is 11.3. The maximum Gasteiger partial charge on any atom is 0.494 e. The summed E-state index contributed by atoms with van der Waals surface area (Å²) in [5, 5.41) is 2.21. The lowest BCUT2D eigenvalue weighted by molar-refractivity contribution is 0.00578. The van der Waals surface area contributed by atoms with Crippen LogP contribution >= 0.6 is 0 Å². The van der Waals surface area contributed by atoms with Gasteiger partial charge in [-0.2, -0.15) is 0 Å². The summed E-state index contributed by atoms with van der Waals surface area (Å²) < 4.78 is 19.4. The van der Waals surface area contributed by atoms with Crippen molar-refractivity contribution in [1.29, 1.82) is 0 Å². The van der Waals surface area contributed by atoms with Gasteiger partial charge in [0, 0.05) is 11.1 Å². The molecule has 0 unspecified atom stereocenters. The highest BCUT2D eigenvalue weighted by atomic mass is 16.7. The van der Waals surface area contributed by atoms with E-state index in [1.807, 2.05) is 6.07 Å². The number of nitrogens with zero attached hydrogens (tertiary/aromatic N) is 1. The van der Waals surface area contributed by atoms with Gasteiger partial charge in [-0.15, -0.1) is 0 Å². The second-order valence-electron chi connectivity index (χ2n) is 11.3. The van der Waals surface area contributed by atoms with Crippen molar-refractivity contribution in [2.75, 3.05) is 4.90 Å². The zero-order valence-electron chi connectivity index (χ0n) is 22.6. The van der Waals surface area contributed by atoms with Gasteiger partial charge in [-0.3, -0.25) is 0 Å². The molecule has 1 fully saturated rings. The standard InChI is InChI=1S/C34H30BNO3/c1-33(2)34(3,4)39-35(38-33)26-18-20-29-31(22-26)37-32-28-16-9-8-13-24(28)17-19-30(32)36(29)27-15-10-14-25(21-27)23-11-6-5-7-12-23/h5-22H,1-4H3. The predicted molar refractivity (Wildman–Crippen MR) is 160 cm³/mol. The first-order valence-electron chi connectivity index (χ1n) is 13.5. The van der Waals surface area contributed by atoms with Crippen molar-refractivity contribution in [3.05, 3.63) is 109 Å². The normalized spacial score (nSPS) is 17.0. The Morgan fingerprint density at radius 3 is 2.10 bits per heavy atom. The van der Waals surface area contributed by atoms with E-state index in [4.69, 9.17) is 14.0 Å². The number of hydrogen-bond donors (Lipinski definition) is 0. The van der Waals surface area contributed by atoms with Crippen LogP contribution in [0.5, 0.6) is 11.5 Å². The highest BCUT2D eigenvalue weighted by Crippen LogP contribution is 2.53. The van der Waals surface area contributed by atoms with Crippen LogP contribution in [0.25, 0.3) is 21.9 Å². The van der Waals surface area contributed by atoms with Gasteiger partial charge in [0.15, 0.2) is 11.5 Å². The Balaban J connectivity index is 1.39. The molecular formula is C34H30BNO3.